The molecule has 5 N–H and O–H groups in total. The third-order valence-electron chi connectivity index (χ3n) is 16.0. The third kappa shape index (κ3) is 47.2. The van der Waals surface area contributed by atoms with Crippen LogP contribution in [0.2, 0.25) is 0 Å². The number of carbonyl (C=O) groups excluding carboxylic acids is 4. The molecule has 0 unspecified atom stereocenters. The maximum absolute atomic E-state index is 10.1. The van der Waals surface area contributed by atoms with Gasteiger partial charge in [-0.05, 0) is 156 Å². The van der Waals surface area contributed by atoms with Gasteiger partial charge < -0.3 is 55.0 Å². The first-order chi connectivity index (χ1) is 60.8. The summed E-state index contributed by atoms with van der Waals surface area (Å²) in [5.41, 5.74) is 16.8. The van der Waals surface area contributed by atoms with Crippen LogP contribution >= 0.6 is 11.3 Å². The summed E-state index contributed by atoms with van der Waals surface area (Å²) in [6, 6.07) is 110. The van der Waals surface area contributed by atoms with E-state index in [-0.39, 0.29) is 172 Å². The molecule has 8 heterocycles. The standard InChI is InChI=1S/C17H15N2.C16H11N2.C13H8NS.C12H10N.2C11H8N.C6H5NO2.4C5H8O2.6Ir/c1-13-7-6-8-14(2)16(13)19-12-11-18-17(19)15-9-4-3-5-10-15;1-3-7-13(8-4-1)15-16(18-12-11-17-15)14-9-5-2-6-10-14;1-2-7-12-10(5-1)9-13(15-12)11-6-3-4-8-14-11;1-10-6-5-9-13-12(10)11-7-3-2-4-8-11;2*1-2-6-10(7-3-1)11-8-4-5-9-12-11;8-6(9)5-3-1-2-4-7-5;4*1-4(6)3-5(2)7;;;;;;/h3-9,11-12H,1-2H3;1-9,11-12H;1-8H;2-7,9H,1H3;2*1-6,8-9H;1-4H,(H,8,9);4*3,6H,1-2H3;;;;;;/q6*-1;;;;;;;;;;;. The summed E-state index contributed by atoms with van der Waals surface area (Å²) in [6.07, 6.45) is 20.6. The van der Waals surface area contributed by atoms with Crippen LogP contribution < -0.4 is 0 Å². The van der Waals surface area contributed by atoms with E-state index in [1.807, 2.05) is 243 Å². The van der Waals surface area contributed by atoms with Crippen molar-refractivity contribution in [2.45, 2.75) is 76.2 Å². The first kappa shape index (κ1) is 120. The minimum absolute atomic E-state index is 0. The number of thiophene rings is 1. The van der Waals surface area contributed by atoms with Crippen molar-refractivity contribution in [3.05, 3.63) is 441 Å². The van der Waals surface area contributed by atoms with Crippen molar-refractivity contribution in [3.63, 3.8) is 0 Å². The Morgan fingerprint density at radius 1 is 0.311 bits per heavy atom. The van der Waals surface area contributed by atoms with Gasteiger partial charge in [0.1, 0.15) is 5.69 Å². The second-order valence-corrected chi connectivity index (χ2v) is 27.9. The zero-order chi connectivity index (χ0) is 91.2. The van der Waals surface area contributed by atoms with Crippen LogP contribution in [-0.4, -0.2) is 99.1 Å². The number of carboxylic acid groups (broad SMARTS) is 1. The van der Waals surface area contributed by atoms with Gasteiger partial charge in [0, 0.05) is 218 Å². The van der Waals surface area contributed by atoms with E-state index in [9.17, 15) is 24.0 Å². The number of carbonyl (C=O) groups is 5. The Morgan fingerprint density at radius 3 is 1.03 bits per heavy atom. The van der Waals surface area contributed by atoms with E-state index in [1.54, 1.807) is 48.3 Å². The molecule has 0 atom stereocenters. The first-order valence-corrected chi connectivity index (χ1v) is 40.1. The molecule has 0 spiro atoms. The number of imidazole rings is 1. The molecule has 6 radical (unpaired) electrons. The van der Waals surface area contributed by atoms with Crippen LogP contribution in [0.5, 0.6) is 0 Å². The van der Waals surface area contributed by atoms with Crippen molar-refractivity contribution < 1.29 is 170 Å². The van der Waals surface area contributed by atoms with Crippen LogP contribution in [0.3, 0.4) is 0 Å². The molecule has 0 aliphatic rings. The number of nitrogens with zero attached hydrogens (tertiary/aromatic N) is 9. The molecule has 19 nitrogen and oxygen atoms in total. The molecule has 8 aromatic carbocycles. The van der Waals surface area contributed by atoms with Crippen molar-refractivity contribution in [2.24, 2.45) is 0 Å². The smallest absolute Gasteiger partial charge is 0.354 e. The van der Waals surface area contributed by atoms with Crippen LogP contribution in [-0.2, 0) is 140 Å². The molecule has 132 heavy (non-hydrogen) atoms. The number of hydrogen-bond acceptors (Lipinski definition) is 18. The van der Waals surface area contributed by atoms with Crippen LogP contribution in [0.4, 0.5) is 0 Å². The molecular formula is C106H97Ir6N9O10S-6. The Kier molecular flexibility index (Phi) is 62.7. The maximum Gasteiger partial charge on any atom is 0.354 e. The Bertz CT molecular complexity index is 5700. The fraction of sp³-hybridized carbons (Fsp3) is 0.104. The molecule has 0 aliphatic heterocycles. The SMILES string of the molecule is CC(=O)C=C(C)O.CC(=O)C=C(C)O.CC(=O)C=C(C)O.CC(=O)C=C(C)O.Cc1cccc(C)c1-n1ccnc1-c1[c-]cccc1.Cc1cccnc1-c1[c-]cccc1.O=C(O)c1ccccn1.[Ir].[Ir].[Ir].[Ir].[Ir].[Ir].[c-]1c(-c2ccccn2)sc2ccccc12.[c-]1ccccc1-c1ccccn1.[c-]1ccccc1-c1ccccn1.[c-]1ccccc1-c1nccnc1-c1ccccc1. The number of benzene rings is 8. The molecule has 0 saturated carbocycles. The molecule has 16 aromatic rings. The Morgan fingerprint density at radius 2 is 0.667 bits per heavy atom. The second kappa shape index (κ2) is 68.9. The van der Waals surface area contributed by atoms with E-state index >= 15 is 0 Å². The van der Waals surface area contributed by atoms with E-state index < -0.39 is 5.97 Å². The van der Waals surface area contributed by atoms with Crippen molar-refractivity contribution in [2.75, 3.05) is 0 Å². The number of carboxylic acids is 1. The summed E-state index contributed by atoms with van der Waals surface area (Å²) in [5, 5.41) is 42.9. The van der Waals surface area contributed by atoms with Gasteiger partial charge in [-0.3, -0.25) is 29.1 Å². The predicted octanol–water partition coefficient (Wildman–Crippen LogP) is 24.2. The zero-order valence-electron chi connectivity index (χ0n) is 73.8. The fourth-order valence-corrected chi connectivity index (χ4v) is 11.9. The number of pyridine rings is 5. The topological polar surface area (TPSA) is 295 Å². The molecular weight excluding hydrogens is 2740 g/mol. The van der Waals surface area contributed by atoms with Crippen molar-refractivity contribution in [1.29, 1.82) is 0 Å². The molecule has 8 aromatic heterocycles. The van der Waals surface area contributed by atoms with Gasteiger partial charge in [0.05, 0.1) is 34.6 Å². The monoisotopic (exact) mass is 2850 g/mol. The Balaban J connectivity index is 0.00000145. The minimum atomic E-state index is -0.990. The number of ketones is 4. The number of fused-ring (bicyclic) bond motifs is 1. The van der Waals surface area contributed by atoms with Crippen molar-refractivity contribution in [3.8, 4) is 83.9 Å². The molecule has 0 aliphatic carbocycles. The molecule has 692 valence electrons. The summed E-state index contributed by atoms with van der Waals surface area (Å²) in [5.74, 6) is -0.311. The van der Waals surface area contributed by atoms with E-state index in [2.05, 4.69) is 144 Å². The predicted molar refractivity (Wildman–Crippen MR) is 503 cm³/mol. The zero-order valence-corrected chi connectivity index (χ0v) is 89.0. The Labute approximate surface area is 857 Å². The summed E-state index contributed by atoms with van der Waals surface area (Å²) >= 11 is 1.73. The number of rotatable bonds is 13. The van der Waals surface area contributed by atoms with Gasteiger partial charge in [0.25, 0.3) is 0 Å². The number of aromatic carboxylic acids is 1. The second-order valence-electron chi connectivity index (χ2n) is 26.8. The normalized spacial score (nSPS) is 9.90. The van der Waals surface area contributed by atoms with Crippen molar-refractivity contribution >= 4 is 50.5 Å². The maximum atomic E-state index is 10.1. The van der Waals surface area contributed by atoms with E-state index in [4.69, 9.17) is 25.5 Å². The van der Waals surface area contributed by atoms with Crippen molar-refractivity contribution in [1.82, 2.24) is 44.4 Å². The molecule has 0 fully saturated rings. The molecule has 0 bridgehead atoms. The molecule has 26 heteroatoms. The summed E-state index contributed by atoms with van der Waals surface area (Å²) < 4.78 is 3.40. The number of para-hydroxylation sites is 1. The van der Waals surface area contributed by atoms with Crippen LogP contribution in [0.1, 0.15) is 82.6 Å². The molecule has 0 saturated heterocycles. The van der Waals surface area contributed by atoms with Gasteiger partial charge in [0.15, 0.2) is 23.1 Å². The van der Waals surface area contributed by atoms with Gasteiger partial charge in [-0.25, -0.2) is 21.1 Å². The van der Waals surface area contributed by atoms with Gasteiger partial charge in [-0.2, -0.15) is 0 Å². The molecule has 16 rings (SSSR count). The largest absolute Gasteiger partial charge is 0.512 e. The average molecular weight is 2840 g/mol. The number of aliphatic hydroxyl groups excluding tert-OH is 4. The Hall–Kier alpha value is -12.0. The van der Waals surface area contributed by atoms with Gasteiger partial charge in [0.2, 0.25) is 0 Å². The number of aliphatic hydroxyl groups is 4. The summed E-state index contributed by atoms with van der Waals surface area (Å²) in [6.45, 7) is 17.7. The average Bonchev–Trinajstić information content (AvgIpc) is 1.60. The molecule has 0 amide bonds. The quantitative estimate of drug-likeness (QED) is 0.0407. The fourth-order valence-electron chi connectivity index (χ4n) is 10.9. The third-order valence-corrected chi connectivity index (χ3v) is 17.1. The van der Waals surface area contributed by atoms with Crippen LogP contribution in [0.25, 0.3) is 94.0 Å². The number of allylic oxidation sites excluding steroid dienone is 8. The summed E-state index contributed by atoms with van der Waals surface area (Å²) in [4.78, 5) is 85.3. The van der Waals surface area contributed by atoms with Gasteiger partial charge >= 0.3 is 5.97 Å². The number of hydrogen-bond donors (Lipinski definition) is 5. The van der Waals surface area contributed by atoms with E-state index in [0.717, 1.165) is 78.2 Å². The first-order valence-electron chi connectivity index (χ1n) is 39.3. The van der Waals surface area contributed by atoms with Gasteiger partial charge in [-0.15, -0.1) is 203 Å². The summed E-state index contributed by atoms with van der Waals surface area (Å²) in [7, 11) is 0. The minimum Gasteiger partial charge on any atom is -0.512 e. The number of aromatic nitrogens is 9. The van der Waals surface area contributed by atoms with Crippen LogP contribution in [0.15, 0.2) is 382 Å². The van der Waals surface area contributed by atoms with Gasteiger partial charge in [-0.1, -0.05) is 115 Å². The van der Waals surface area contributed by atoms with Crippen LogP contribution in [0, 0.1) is 57.2 Å². The van der Waals surface area contributed by atoms with E-state index in [0.29, 0.717) is 0 Å². The van der Waals surface area contributed by atoms with E-state index in [1.165, 1.54) is 124 Å². The number of aryl methyl sites for hydroxylation is 3.